The number of rotatable bonds is 1. The van der Waals surface area contributed by atoms with E-state index in [1.54, 1.807) is 18.2 Å². The summed E-state index contributed by atoms with van der Waals surface area (Å²) in [5.41, 5.74) is 2.34. The van der Waals surface area contributed by atoms with Gasteiger partial charge in [-0.15, -0.1) is 0 Å². The lowest BCUT2D eigenvalue weighted by Gasteiger charge is -2.10. The molecule has 0 aliphatic heterocycles. The monoisotopic (exact) mass is 254 g/mol. The summed E-state index contributed by atoms with van der Waals surface area (Å²) in [5, 5.41) is 9.05. The number of H-pyrrole nitrogens is 1. The minimum Gasteiger partial charge on any atom is -0.320 e. The molecule has 0 bridgehead atoms. The zero-order chi connectivity index (χ0) is 13.4. The van der Waals surface area contributed by atoms with Gasteiger partial charge in [-0.1, -0.05) is 12.1 Å². The van der Waals surface area contributed by atoms with Crippen LogP contribution in [-0.2, 0) is 12.8 Å². The lowest BCUT2D eigenvalue weighted by Crippen LogP contribution is -2.15. The van der Waals surface area contributed by atoms with E-state index in [9.17, 15) is 9.18 Å². The smallest absolute Gasteiger partial charge is 0.266 e. The molecule has 0 radical (unpaired) electrons. The Bertz CT molecular complexity index is 756. The number of hydrogen-bond donors (Lipinski definition) is 1. The molecule has 94 valence electrons. The highest BCUT2D eigenvalue weighted by atomic mass is 19.1. The summed E-state index contributed by atoms with van der Waals surface area (Å²) in [6.45, 7) is 0. The van der Waals surface area contributed by atoms with Gasteiger partial charge in [-0.3, -0.25) is 4.79 Å². The first-order valence-electron chi connectivity index (χ1n) is 6.15. The highest BCUT2D eigenvalue weighted by molar-refractivity contribution is 5.67. The maximum absolute atomic E-state index is 13.9. The Balaban J connectivity index is 2.34. The van der Waals surface area contributed by atoms with Gasteiger partial charge >= 0.3 is 0 Å². The average Bonchev–Trinajstić information content (AvgIpc) is 2.88. The van der Waals surface area contributed by atoms with Gasteiger partial charge in [-0.25, -0.2) is 4.39 Å². The summed E-state index contributed by atoms with van der Waals surface area (Å²) in [4.78, 5) is 14.6. The molecule has 3 rings (SSSR count). The normalized spacial score (nSPS) is 13.1. The number of aromatic amines is 1. The van der Waals surface area contributed by atoms with Gasteiger partial charge < -0.3 is 4.98 Å². The molecule has 0 unspecified atom stereocenters. The van der Waals surface area contributed by atoms with Crippen molar-refractivity contribution in [2.75, 3.05) is 0 Å². The molecule has 0 saturated carbocycles. The molecule has 1 heterocycles. The second kappa shape index (κ2) is 4.36. The minimum atomic E-state index is -0.429. The van der Waals surface area contributed by atoms with Crippen LogP contribution in [0.5, 0.6) is 0 Å². The van der Waals surface area contributed by atoms with Crippen LogP contribution in [0.1, 0.15) is 23.1 Å². The largest absolute Gasteiger partial charge is 0.320 e. The molecular weight excluding hydrogens is 243 g/mol. The zero-order valence-corrected chi connectivity index (χ0v) is 10.2. The fraction of sp³-hybridized carbons (Fsp3) is 0.200. The van der Waals surface area contributed by atoms with E-state index in [-0.39, 0.29) is 11.4 Å². The summed E-state index contributed by atoms with van der Waals surface area (Å²) in [6.07, 6.45) is 2.37. The summed E-state index contributed by atoms with van der Waals surface area (Å²) in [6, 6.07) is 8.31. The van der Waals surface area contributed by atoms with Crippen molar-refractivity contribution in [1.82, 2.24) is 4.98 Å². The molecule has 3 nitrogen and oxygen atoms in total. The second-order valence-electron chi connectivity index (χ2n) is 4.61. The average molecular weight is 254 g/mol. The van der Waals surface area contributed by atoms with Crippen LogP contribution < -0.4 is 5.56 Å². The summed E-state index contributed by atoms with van der Waals surface area (Å²) < 4.78 is 13.9. The SMILES string of the molecule is N#Cc1c2c(c(-c3ccccc3F)[nH]c1=O)CCC2. The van der Waals surface area contributed by atoms with Crippen molar-refractivity contribution in [3.8, 4) is 17.3 Å². The van der Waals surface area contributed by atoms with Crippen LogP contribution in [0, 0.1) is 17.1 Å². The van der Waals surface area contributed by atoms with Crippen LogP contribution in [-0.4, -0.2) is 4.98 Å². The van der Waals surface area contributed by atoms with Gasteiger partial charge in [0.25, 0.3) is 5.56 Å². The van der Waals surface area contributed by atoms with Gasteiger partial charge in [0.15, 0.2) is 0 Å². The molecule has 2 aromatic rings. The Morgan fingerprint density at radius 1 is 1.21 bits per heavy atom. The van der Waals surface area contributed by atoms with Crippen LogP contribution in [0.3, 0.4) is 0 Å². The third-order valence-corrected chi connectivity index (χ3v) is 3.54. The molecule has 1 N–H and O–H groups in total. The Morgan fingerprint density at radius 2 is 1.95 bits per heavy atom. The van der Waals surface area contributed by atoms with Crippen LogP contribution in [0.15, 0.2) is 29.1 Å². The van der Waals surface area contributed by atoms with E-state index in [1.807, 2.05) is 6.07 Å². The van der Waals surface area contributed by atoms with E-state index in [0.717, 1.165) is 24.0 Å². The number of nitrogens with zero attached hydrogens (tertiary/aromatic N) is 1. The van der Waals surface area contributed by atoms with E-state index < -0.39 is 5.56 Å². The summed E-state index contributed by atoms with van der Waals surface area (Å²) >= 11 is 0. The molecule has 1 aromatic heterocycles. The number of hydrogen-bond acceptors (Lipinski definition) is 2. The summed E-state index contributed by atoms with van der Waals surface area (Å²) in [5.74, 6) is -0.364. The third kappa shape index (κ3) is 1.75. The van der Waals surface area contributed by atoms with Crippen molar-refractivity contribution in [2.45, 2.75) is 19.3 Å². The lowest BCUT2D eigenvalue weighted by atomic mass is 9.99. The van der Waals surface area contributed by atoms with Crippen molar-refractivity contribution in [3.63, 3.8) is 0 Å². The molecule has 19 heavy (non-hydrogen) atoms. The van der Waals surface area contributed by atoms with Crippen LogP contribution in [0.4, 0.5) is 4.39 Å². The lowest BCUT2D eigenvalue weighted by molar-refractivity contribution is 0.630. The number of benzene rings is 1. The van der Waals surface area contributed by atoms with Crippen molar-refractivity contribution in [1.29, 1.82) is 5.26 Å². The molecule has 1 aliphatic carbocycles. The van der Waals surface area contributed by atoms with Gasteiger partial charge in [-0.05, 0) is 42.5 Å². The molecule has 0 fully saturated rings. The molecule has 0 spiro atoms. The summed E-state index contributed by atoms with van der Waals surface area (Å²) in [7, 11) is 0. The van der Waals surface area contributed by atoms with E-state index in [2.05, 4.69) is 4.98 Å². The van der Waals surface area contributed by atoms with Crippen LogP contribution in [0.25, 0.3) is 11.3 Å². The van der Waals surface area contributed by atoms with Crippen molar-refractivity contribution < 1.29 is 4.39 Å². The Kier molecular flexibility index (Phi) is 2.68. The fourth-order valence-corrected chi connectivity index (χ4v) is 2.70. The van der Waals surface area contributed by atoms with Crippen molar-refractivity contribution in [2.24, 2.45) is 0 Å². The number of fused-ring (bicyclic) bond motifs is 1. The van der Waals surface area contributed by atoms with Gasteiger partial charge in [0, 0.05) is 5.56 Å². The molecule has 1 aromatic carbocycles. The molecule has 1 aliphatic rings. The Morgan fingerprint density at radius 3 is 2.68 bits per heavy atom. The minimum absolute atomic E-state index is 0.174. The molecular formula is C15H11FN2O. The number of aromatic nitrogens is 1. The van der Waals surface area contributed by atoms with E-state index >= 15 is 0 Å². The van der Waals surface area contributed by atoms with Crippen molar-refractivity contribution >= 4 is 0 Å². The predicted octanol–water partition coefficient (Wildman–Crippen LogP) is 2.54. The van der Waals surface area contributed by atoms with Crippen LogP contribution in [0.2, 0.25) is 0 Å². The quantitative estimate of drug-likeness (QED) is 0.850. The second-order valence-corrected chi connectivity index (χ2v) is 4.61. The highest BCUT2D eigenvalue weighted by Gasteiger charge is 2.23. The highest BCUT2D eigenvalue weighted by Crippen LogP contribution is 2.32. The number of halogens is 1. The number of nitrogens with one attached hydrogen (secondary N) is 1. The van der Waals surface area contributed by atoms with Crippen LogP contribution >= 0.6 is 0 Å². The van der Waals surface area contributed by atoms with E-state index in [1.165, 1.54) is 6.07 Å². The van der Waals surface area contributed by atoms with Crippen molar-refractivity contribution in [3.05, 3.63) is 57.1 Å². The third-order valence-electron chi connectivity index (χ3n) is 3.54. The van der Waals surface area contributed by atoms with Gasteiger partial charge in [0.05, 0.1) is 5.69 Å². The van der Waals surface area contributed by atoms with Gasteiger partial charge in [-0.2, -0.15) is 5.26 Å². The van der Waals surface area contributed by atoms with Gasteiger partial charge in [0.1, 0.15) is 17.4 Å². The Labute approximate surface area is 109 Å². The molecule has 4 heteroatoms. The molecule has 0 amide bonds. The van der Waals surface area contributed by atoms with E-state index in [0.29, 0.717) is 17.7 Å². The molecule has 0 saturated heterocycles. The fourth-order valence-electron chi connectivity index (χ4n) is 2.70. The zero-order valence-electron chi connectivity index (χ0n) is 10.2. The maximum atomic E-state index is 13.9. The molecule has 0 atom stereocenters. The van der Waals surface area contributed by atoms with Gasteiger partial charge in [0.2, 0.25) is 0 Å². The van der Waals surface area contributed by atoms with E-state index in [4.69, 9.17) is 5.26 Å². The first-order chi connectivity index (χ1) is 9.22. The first-order valence-corrected chi connectivity index (χ1v) is 6.15. The predicted molar refractivity (Wildman–Crippen MR) is 69.2 cm³/mol. The first kappa shape index (κ1) is 11.7. The topological polar surface area (TPSA) is 56.6 Å². The Hall–Kier alpha value is -2.41. The number of nitriles is 1. The number of pyridine rings is 1. The maximum Gasteiger partial charge on any atom is 0.266 e. The standard InChI is InChI=1S/C15H11FN2O/c16-13-7-2-1-4-11(13)14-10-6-3-5-9(10)12(8-17)15(19)18-14/h1-2,4,7H,3,5-6H2,(H,18,19).